The Morgan fingerprint density at radius 3 is 2.33 bits per heavy atom. The summed E-state index contributed by atoms with van der Waals surface area (Å²) >= 11 is 3.08. The Balaban J connectivity index is 1.56. The van der Waals surface area contributed by atoms with Gasteiger partial charge in [-0.3, -0.25) is 9.69 Å². The Labute approximate surface area is 202 Å². The van der Waals surface area contributed by atoms with E-state index in [0.717, 1.165) is 39.2 Å². The highest BCUT2D eigenvalue weighted by molar-refractivity contribution is 8.19. The van der Waals surface area contributed by atoms with Gasteiger partial charge in [0, 0.05) is 17.5 Å². The molecule has 5 nitrogen and oxygen atoms in total. The first-order valence-electron chi connectivity index (χ1n) is 10.7. The largest absolute Gasteiger partial charge is 0.497 e. The maximum Gasteiger partial charge on any atom is 0.269 e. The fourth-order valence-electron chi connectivity index (χ4n) is 3.81. The van der Waals surface area contributed by atoms with Crippen LogP contribution in [0.4, 0.5) is 11.4 Å². The number of para-hydroxylation sites is 1. The van der Waals surface area contributed by atoms with Gasteiger partial charge in [0.1, 0.15) is 15.7 Å². The normalized spacial score (nSPS) is 18.8. The van der Waals surface area contributed by atoms with Crippen LogP contribution in [-0.4, -0.2) is 29.6 Å². The third-order valence-electron chi connectivity index (χ3n) is 5.45. The minimum absolute atomic E-state index is 0.0146. The second kappa shape index (κ2) is 9.37. The van der Waals surface area contributed by atoms with E-state index in [1.807, 2.05) is 72.8 Å². The Morgan fingerprint density at radius 2 is 1.64 bits per heavy atom. The lowest BCUT2D eigenvalue weighted by Crippen LogP contribution is -2.29. The van der Waals surface area contributed by atoms with Gasteiger partial charge < -0.3 is 9.64 Å². The van der Waals surface area contributed by atoms with Gasteiger partial charge >= 0.3 is 0 Å². The second-order valence-corrected chi connectivity index (χ2v) is 9.53. The number of fused-ring (bicyclic) bond motifs is 1. The first-order valence-corrected chi connectivity index (χ1v) is 12.4. The number of carbonyl (C=O) groups excluding carboxylic acids is 1. The van der Waals surface area contributed by atoms with Crippen molar-refractivity contribution in [3.05, 3.63) is 94.4 Å². The summed E-state index contributed by atoms with van der Waals surface area (Å²) in [4.78, 5) is 24.4. The molecule has 33 heavy (non-hydrogen) atoms. The van der Waals surface area contributed by atoms with Crippen molar-refractivity contribution < 1.29 is 9.53 Å². The summed E-state index contributed by atoms with van der Waals surface area (Å²) in [7, 11) is 1.67. The molecule has 7 heteroatoms. The van der Waals surface area contributed by atoms with Gasteiger partial charge in [-0.1, -0.05) is 60.3 Å². The van der Waals surface area contributed by atoms with Crippen LogP contribution in [0.15, 0.2) is 98.7 Å². The molecule has 0 unspecified atom stereocenters. The van der Waals surface area contributed by atoms with Crippen molar-refractivity contribution >= 4 is 46.0 Å². The van der Waals surface area contributed by atoms with E-state index in [4.69, 9.17) is 9.73 Å². The monoisotopic (exact) mass is 473 g/mol. The zero-order valence-electron chi connectivity index (χ0n) is 18.4. The fourth-order valence-corrected chi connectivity index (χ4v) is 6.18. The van der Waals surface area contributed by atoms with E-state index in [-0.39, 0.29) is 5.91 Å². The second-order valence-electron chi connectivity index (χ2n) is 7.52. The lowest BCUT2D eigenvalue weighted by molar-refractivity contribution is -0.122. The summed E-state index contributed by atoms with van der Waals surface area (Å²) in [6.45, 7) is 3.33. The summed E-state index contributed by atoms with van der Waals surface area (Å²) in [5, 5.41) is 1.65. The van der Waals surface area contributed by atoms with Crippen molar-refractivity contribution in [3.8, 4) is 5.75 Å². The number of amidine groups is 1. The molecule has 0 aliphatic carbocycles. The van der Waals surface area contributed by atoms with Crippen molar-refractivity contribution in [3.63, 3.8) is 0 Å². The Bertz CT molecular complexity index is 1240. The fraction of sp³-hybridized carbons (Fsp3) is 0.154. The predicted octanol–water partition coefficient (Wildman–Crippen LogP) is 6.26. The number of hydrogen-bond acceptors (Lipinski definition) is 6. The predicted molar refractivity (Wildman–Crippen MR) is 137 cm³/mol. The maximum atomic E-state index is 13.7. The van der Waals surface area contributed by atoms with Crippen LogP contribution in [0.25, 0.3) is 0 Å². The maximum absolute atomic E-state index is 13.7. The van der Waals surface area contributed by atoms with Gasteiger partial charge in [0.2, 0.25) is 0 Å². The van der Waals surface area contributed by atoms with Crippen molar-refractivity contribution in [1.29, 1.82) is 0 Å². The Morgan fingerprint density at radius 1 is 0.909 bits per heavy atom. The van der Waals surface area contributed by atoms with E-state index in [1.54, 1.807) is 23.8 Å². The molecule has 0 N–H and O–H groups in total. The first kappa shape index (κ1) is 21.7. The highest BCUT2D eigenvalue weighted by atomic mass is 32.2. The molecule has 3 aromatic rings. The molecule has 0 aromatic heterocycles. The smallest absolute Gasteiger partial charge is 0.269 e. The topological polar surface area (TPSA) is 45.1 Å². The molecular weight excluding hydrogens is 450 g/mol. The van der Waals surface area contributed by atoms with E-state index in [2.05, 4.69) is 17.9 Å². The van der Waals surface area contributed by atoms with Gasteiger partial charge in [-0.25, -0.2) is 4.99 Å². The average Bonchev–Trinajstić information content (AvgIpc) is 3.37. The zero-order chi connectivity index (χ0) is 22.8. The number of benzene rings is 3. The quantitative estimate of drug-likeness (QED) is 0.409. The van der Waals surface area contributed by atoms with Crippen LogP contribution in [-0.2, 0) is 11.3 Å². The lowest BCUT2D eigenvalue weighted by Gasteiger charge is -2.19. The molecule has 3 aromatic carbocycles. The highest BCUT2D eigenvalue weighted by Gasteiger charge is 2.39. The summed E-state index contributed by atoms with van der Waals surface area (Å²) in [6, 6.07) is 25.9. The molecule has 1 saturated heterocycles. The van der Waals surface area contributed by atoms with Crippen LogP contribution in [0.5, 0.6) is 5.75 Å². The van der Waals surface area contributed by atoms with Gasteiger partial charge in [-0.05, 0) is 48.5 Å². The molecule has 0 spiro atoms. The number of amides is 1. The van der Waals surface area contributed by atoms with Crippen LogP contribution in [0.1, 0.15) is 12.5 Å². The minimum Gasteiger partial charge on any atom is -0.497 e. The van der Waals surface area contributed by atoms with Crippen LogP contribution >= 0.6 is 23.5 Å². The number of thioether (sulfide) groups is 2. The summed E-state index contributed by atoms with van der Waals surface area (Å²) < 4.78 is 5.43. The molecule has 1 amide bonds. The van der Waals surface area contributed by atoms with Gasteiger partial charge in [0.05, 0.1) is 25.0 Å². The third kappa shape index (κ3) is 4.26. The standard InChI is InChI=1S/C26H23N3O2S2/c1-3-28-21-16-20(31-2)14-15-22(21)32-25(28)23-24(30)29(17-18-10-6-4-7-11-18)26(33-23)27-19-12-8-5-9-13-19/h4-16H,3,17H2,1-2H3/b25-23-,27-26?. The van der Waals surface area contributed by atoms with E-state index in [9.17, 15) is 4.79 Å². The summed E-state index contributed by atoms with van der Waals surface area (Å²) in [6.07, 6.45) is 0. The lowest BCUT2D eigenvalue weighted by atomic mass is 10.2. The van der Waals surface area contributed by atoms with E-state index >= 15 is 0 Å². The van der Waals surface area contributed by atoms with Crippen molar-refractivity contribution in [2.75, 3.05) is 18.6 Å². The van der Waals surface area contributed by atoms with Crippen molar-refractivity contribution in [1.82, 2.24) is 4.90 Å². The molecular formula is C26H23N3O2S2. The molecule has 2 heterocycles. The molecule has 2 aliphatic rings. The van der Waals surface area contributed by atoms with Crippen LogP contribution in [0, 0.1) is 0 Å². The van der Waals surface area contributed by atoms with Crippen LogP contribution in [0.3, 0.4) is 0 Å². The molecule has 2 aliphatic heterocycles. The number of aliphatic imine (C=N–C) groups is 1. The average molecular weight is 474 g/mol. The van der Waals surface area contributed by atoms with E-state index in [1.165, 1.54) is 11.8 Å². The summed E-state index contributed by atoms with van der Waals surface area (Å²) in [5.41, 5.74) is 2.97. The van der Waals surface area contributed by atoms with Gasteiger partial charge in [0.25, 0.3) is 5.91 Å². The molecule has 0 saturated carbocycles. The Kier molecular flexibility index (Phi) is 6.15. The van der Waals surface area contributed by atoms with Crippen LogP contribution < -0.4 is 9.64 Å². The number of anilines is 1. The number of rotatable bonds is 5. The van der Waals surface area contributed by atoms with Crippen LogP contribution in [0.2, 0.25) is 0 Å². The molecule has 0 bridgehead atoms. The van der Waals surface area contributed by atoms with Crippen molar-refractivity contribution in [2.24, 2.45) is 4.99 Å². The number of nitrogens with zero attached hydrogens (tertiary/aromatic N) is 3. The number of ether oxygens (including phenoxy) is 1. The van der Waals surface area contributed by atoms with Crippen molar-refractivity contribution in [2.45, 2.75) is 18.4 Å². The van der Waals surface area contributed by atoms with E-state index < -0.39 is 0 Å². The SMILES string of the molecule is CCN1/C(=C2/SC(=Nc3ccccc3)N(Cc3ccccc3)C2=O)Sc2ccc(OC)cc21. The molecule has 0 radical (unpaired) electrons. The molecule has 5 rings (SSSR count). The van der Waals surface area contributed by atoms with E-state index in [0.29, 0.717) is 16.6 Å². The van der Waals surface area contributed by atoms with Gasteiger partial charge in [-0.2, -0.15) is 0 Å². The first-order chi connectivity index (χ1) is 16.2. The number of carbonyl (C=O) groups is 1. The third-order valence-corrected chi connectivity index (χ3v) is 7.83. The Hall–Kier alpha value is -3.16. The molecule has 1 fully saturated rings. The van der Waals surface area contributed by atoms with Gasteiger partial charge in [0.15, 0.2) is 5.17 Å². The minimum atomic E-state index is -0.0146. The zero-order valence-corrected chi connectivity index (χ0v) is 20.0. The highest BCUT2D eigenvalue weighted by Crippen LogP contribution is 2.51. The summed E-state index contributed by atoms with van der Waals surface area (Å²) in [5.74, 6) is 0.792. The number of hydrogen-bond donors (Lipinski definition) is 0. The molecule has 166 valence electrons. The number of methoxy groups -OCH3 is 1. The van der Waals surface area contributed by atoms with Gasteiger partial charge in [-0.15, -0.1) is 0 Å². The molecule has 0 atom stereocenters.